The Kier molecular flexibility index (Phi) is 5.18. The lowest BCUT2D eigenvalue weighted by molar-refractivity contribution is -0.00750. The molecule has 0 aromatic rings. The van der Waals surface area contributed by atoms with Crippen LogP contribution in [-0.4, -0.2) is 22.4 Å². The van der Waals surface area contributed by atoms with E-state index in [4.69, 9.17) is 0 Å². The molecule has 2 N–H and O–H groups in total. The Morgan fingerprint density at radius 3 is 2.17 bits per heavy atom. The van der Waals surface area contributed by atoms with Crippen LogP contribution in [0.1, 0.15) is 33.6 Å². The molecular formula is C10H20O2. The van der Waals surface area contributed by atoms with Crippen molar-refractivity contribution >= 4 is 0 Å². The lowest BCUT2D eigenvalue weighted by Gasteiger charge is -2.21. The molecule has 2 atom stereocenters. The summed E-state index contributed by atoms with van der Waals surface area (Å²) in [5.41, 5.74) is 0.988. The number of hydrogen-bond acceptors (Lipinski definition) is 2. The number of aliphatic hydroxyl groups is 2. The van der Waals surface area contributed by atoms with E-state index in [1.54, 1.807) is 0 Å². The van der Waals surface area contributed by atoms with Gasteiger partial charge in [-0.25, -0.2) is 0 Å². The molecule has 0 saturated heterocycles. The van der Waals surface area contributed by atoms with Crippen LogP contribution in [-0.2, 0) is 0 Å². The lowest BCUT2D eigenvalue weighted by atomic mass is 9.96. The van der Waals surface area contributed by atoms with Gasteiger partial charge in [-0.05, 0) is 18.8 Å². The normalized spacial score (nSPS) is 16.2. The molecule has 0 saturated carbocycles. The molecule has 0 aliphatic heterocycles. The average Bonchev–Trinajstić information content (AvgIpc) is 2.02. The fourth-order valence-corrected chi connectivity index (χ4v) is 1.01. The second-order valence-corrected chi connectivity index (χ2v) is 3.61. The third-order valence-electron chi connectivity index (χ3n) is 2.08. The SMILES string of the molecule is C=C(CC)CC(O)C(O)C(C)C. The molecule has 0 amide bonds. The molecule has 0 aliphatic carbocycles. The van der Waals surface area contributed by atoms with Crippen LogP contribution in [0.5, 0.6) is 0 Å². The van der Waals surface area contributed by atoms with Crippen LogP contribution >= 0.6 is 0 Å². The van der Waals surface area contributed by atoms with Crippen molar-refractivity contribution in [2.45, 2.75) is 45.8 Å². The molecule has 0 aromatic carbocycles. The molecule has 2 nitrogen and oxygen atoms in total. The fourth-order valence-electron chi connectivity index (χ4n) is 1.01. The standard InChI is InChI=1S/C10H20O2/c1-5-8(4)6-9(11)10(12)7(2)3/h7,9-12H,4-6H2,1-3H3. The van der Waals surface area contributed by atoms with E-state index in [0.29, 0.717) is 6.42 Å². The maximum atomic E-state index is 9.48. The van der Waals surface area contributed by atoms with Crippen LogP contribution < -0.4 is 0 Å². The van der Waals surface area contributed by atoms with Gasteiger partial charge in [0.25, 0.3) is 0 Å². The summed E-state index contributed by atoms with van der Waals surface area (Å²) in [6.07, 6.45) is 0.0864. The van der Waals surface area contributed by atoms with Gasteiger partial charge in [0.1, 0.15) is 0 Å². The summed E-state index contributed by atoms with van der Waals surface area (Å²) in [6.45, 7) is 9.56. The Morgan fingerprint density at radius 2 is 1.83 bits per heavy atom. The van der Waals surface area contributed by atoms with Crippen LogP contribution in [0.3, 0.4) is 0 Å². The predicted octanol–water partition coefficient (Wildman–Crippen LogP) is 1.72. The van der Waals surface area contributed by atoms with Crippen LogP contribution in [0.4, 0.5) is 0 Å². The molecule has 2 heteroatoms. The summed E-state index contributed by atoms with van der Waals surface area (Å²) >= 11 is 0. The van der Waals surface area contributed by atoms with E-state index in [9.17, 15) is 10.2 Å². The van der Waals surface area contributed by atoms with E-state index in [2.05, 4.69) is 6.58 Å². The molecular weight excluding hydrogens is 152 g/mol. The van der Waals surface area contributed by atoms with Gasteiger partial charge in [0, 0.05) is 0 Å². The van der Waals surface area contributed by atoms with E-state index in [1.165, 1.54) is 0 Å². The van der Waals surface area contributed by atoms with Gasteiger partial charge in [-0.15, -0.1) is 0 Å². The van der Waals surface area contributed by atoms with Crippen molar-refractivity contribution in [2.75, 3.05) is 0 Å². The smallest absolute Gasteiger partial charge is 0.0838 e. The lowest BCUT2D eigenvalue weighted by Crippen LogP contribution is -2.30. The summed E-state index contributed by atoms with van der Waals surface area (Å²) in [4.78, 5) is 0. The van der Waals surface area contributed by atoms with Gasteiger partial charge in [-0.1, -0.05) is 32.9 Å². The average molecular weight is 172 g/mol. The van der Waals surface area contributed by atoms with Gasteiger partial charge in [0.15, 0.2) is 0 Å². The Morgan fingerprint density at radius 1 is 1.33 bits per heavy atom. The highest BCUT2D eigenvalue weighted by atomic mass is 16.3. The third kappa shape index (κ3) is 3.88. The molecule has 0 spiro atoms. The predicted molar refractivity (Wildman–Crippen MR) is 50.9 cm³/mol. The monoisotopic (exact) mass is 172 g/mol. The van der Waals surface area contributed by atoms with Crippen molar-refractivity contribution in [3.63, 3.8) is 0 Å². The van der Waals surface area contributed by atoms with Crippen LogP contribution in [0.25, 0.3) is 0 Å². The molecule has 0 aromatic heterocycles. The molecule has 2 unspecified atom stereocenters. The second-order valence-electron chi connectivity index (χ2n) is 3.61. The molecule has 0 aliphatic rings. The van der Waals surface area contributed by atoms with Crippen molar-refractivity contribution < 1.29 is 10.2 Å². The zero-order valence-corrected chi connectivity index (χ0v) is 8.25. The molecule has 0 radical (unpaired) electrons. The first-order valence-electron chi connectivity index (χ1n) is 4.51. The molecule has 0 fully saturated rings. The summed E-state index contributed by atoms with van der Waals surface area (Å²) in [7, 11) is 0. The van der Waals surface area contributed by atoms with E-state index in [1.807, 2.05) is 20.8 Å². The van der Waals surface area contributed by atoms with Crippen LogP contribution in [0, 0.1) is 5.92 Å². The molecule has 0 heterocycles. The first-order valence-corrected chi connectivity index (χ1v) is 4.51. The van der Waals surface area contributed by atoms with Crippen molar-refractivity contribution in [2.24, 2.45) is 5.92 Å². The first-order chi connectivity index (χ1) is 5.49. The minimum absolute atomic E-state index is 0.102. The first kappa shape index (κ1) is 11.7. The Balaban J connectivity index is 3.86. The van der Waals surface area contributed by atoms with Gasteiger partial charge in [0.2, 0.25) is 0 Å². The summed E-state index contributed by atoms with van der Waals surface area (Å²) < 4.78 is 0. The molecule has 0 rings (SSSR count). The van der Waals surface area contributed by atoms with E-state index < -0.39 is 12.2 Å². The van der Waals surface area contributed by atoms with Gasteiger partial charge in [0.05, 0.1) is 12.2 Å². The van der Waals surface area contributed by atoms with Crippen LogP contribution in [0.15, 0.2) is 12.2 Å². The minimum Gasteiger partial charge on any atom is -0.390 e. The largest absolute Gasteiger partial charge is 0.390 e. The van der Waals surface area contributed by atoms with Crippen molar-refractivity contribution in [1.29, 1.82) is 0 Å². The van der Waals surface area contributed by atoms with Gasteiger partial charge < -0.3 is 10.2 Å². The summed E-state index contributed by atoms with van der Waals surface area (Å²) in [6, 6.07) is 0. The van der Waals surface area contributed by atoms with Gasteiger partial charge in [-0.2, -0.15) is 0 Å². The molecule has 12 heavy (non-hydrogen) atoms. The summed E-state index contributed by atoms with van der Waals surface area (Å²) in [5, 5.41) is 18.9. The maximum Gasteiger partial charge on any atom is 0.0838 e. The highest BCUT2D eigenvalue weighted by molar-refractivity contribution is 4.96. The second kappa shape index (κ2) is 5.33. The fraction of sp³-hybridized carbons (Fsp3) is 0.800. The van der Waals surface area contributed by atoms with Crippen molar-refractivity contribution in [3.05, 3.63) is 12.2 Å². The highest BCUT2D eigenvalue weighted by Crippen LogP contribution is 2.14. The maximum absolute atomic E-state index is 9.48. The quantitative estimate of drug-likeness (QED) is 0.620. The topological polar surface area (TPSA) is 40.5 Å². The van der Waals surface area contributed by atoms with E-state index in [-0.39, 0.29) is 5.92 Å². The van der Waals surface area contributed by atoms with Gasteiger partial charge in [-0.3, -0.25) is 0 Å². The highest BCUT2D eigenvalue weighted by Gasteiger charge is 2.19. The van der Waals surface area contributed by atoms with Crippen molar-refractivity contribution in [1.82, 2.24) is 0 Å². The summed E-state index contributed by atoms with van der Waals surface area (Å²) in [5.74, 6) is 0.102. The molecule has 0 bridgehead atoms. The van der Waals surface area contributed by atoms with E-state index >= 15 is 0 Å². The Labute approximate surface area is 74.9 Å². The van der Waals surface area contributed by atoms with E-state index in [0.717, 1.165) is 12.0 Å². The Bertz CT molecular complexity index is 141. The number of rotatable bonds is 5. The zero-order chi connectivity index (χ0) is 9.72. The minimum atomic E-state index is -0.655. The number of aliphatic hydroxyl groups excluding tert-OH is 2. The van der Waals surface area contributed by atoms with Crippen molar-refractivity contribution in [3.8, 4) is 0 Å². The van der Waals surface area contributed by atoms with Gasteiger partial charge >= 0.3 is 0 Å². The zero-order valence-electron chi connectivity index (χ0n) is 8.25. The van der Waals surface area contributed by atoms with Crippen LogP contribution in [0.2, 0.25) is 0 Å². The molecule has 72 valence electrons. The third-order valence-corrected chi connectivity index (χ3v) is 2.08. The Hall–Kier alpha value is -0.340. The number of hydrogen-bond donors (Lipinski definition) is 2.